The fraction of sp³-hybridized carbons (Fsp3) is 0.929. The summed E-state index contributed by atoms with van der Waals surface area (Å²) < 4.78 is 0. The van der Waals surface area contributed by atoms with Gasteiger partial charge in [0.1, 0.15) is 0 Å². The van der Waals surface area contributed by atoms with Crippen LogP contribution in [0.3, 0.4) is 0 Å². The highest BCUT2D eigenvalue weighted by molar-refractivity contribution is 5.67. The molecule has 0 spiro atoms. The number of carboxylic acid groups (broad SMARTS) is 1. The molecule has 1 rings (SSSR count). The molecule has 2 nitrogen and oxygen atoms in total. The van der Waals surface area contributed by atoms with Gasteiger partial charge in [-0.15, -0.1) is 0 Å². The monoisotopic (exact) mass is 226 g/mol. The number of aliphatic carboxylic acids is 1. The second kappa shape index (κ2) is 5.70. The second-order valence-corrected chi connectivity index (χ2v) is 5.46. The maximum atomic E-state index is 11.2. The molecule has 0 heterocycles. The standard InChI is InChI=1S/C14H26O2/c1-4-11(3)14(10-13(15)16)9-7-6-8-12(14)5-2/h11-12H,4-10H2,1-3H3,(H,15,16). The summed E-state index contributed by atoms with van der Waals surface area (Å²) in [5.74, 6) is 0.543. The molecular formula is C14H26O2. The van der Waals surface area contributed by atoms with Crippen molar-refractivity contribution in [2.24, 2.45) is 17.3 Å². The molecule has 0 aromatic carbocycles. The van der Waals surface area contributed by atoms with Crippen LogP contribution >= 0.6 is 0 Å². The first-order valence-electron chi connectivity index (χ1n) is 6.78. The Morgan fingerprint density at radius 1 is 1.44 bits per heavy atom. The van der Waals surface area contributed by atoms with Crippen molar-refractivity contribution in [2.75, 3.05) is 0 Å². The van der Waals surface area contributed by atoms with E-state index in [9.17, 15) is 9.90 Å². The number of hydrogen-bond donors (Lipinski definition) is 1. The lowest BCUT2D eigenvalue weighted by molar-refractivity contribution is -0.143. The summed E-state index contributed by atoms with van der Waals surface area (Å²) in [4.78, 5) is 11.2. The van der Waals surface area contributed by atoms with E-state index in [0.29, 0.717) is 18.3 Å². The Morgan fingerprint density at radius 3 is 2.62 bits per heavy atom. The third-order valence-corrected chi connectivity index (χ3v) is 4.82. The molecule has 3 atom stereocenters. The summed E-state index contributed by atoms with van der Waals surface area (Å²) in [5.41, 5.74) is 0.0770. The van der Waals surface area contributed by atoms with Gasteiger partial charge in [0, 0.05) is 0 Å². The van der Waals surface area contributed by atoms with Crippen LogP contribution in [0.25, 0.3) is 0 Å². The van der Waals surface area contributed by atoms with Gasteiger partial charge in [0.25, 0.3) is 0 Å². The highest BCUT2D eigenvalue weighted by atomic mass is 16.4. The van der Waals surface area contributed by atoms with Crippen LogP contribution in [0.1, 0.15) is 65.7 Å². The van der Waals surface area contributed by atoms with Crippen LogP contribution in [-0.4, -0.2) is 11.1 Å². The summed E-state index contributed by atoms with van der Waals surface area (Å²) in [6.07, 6.45) is 7.47. The van der Waals surface area contributed by atoms with Gasteiger partial charge in [0.05, 0.1) is 6.42 Å². The fourth-order valence-corrected chi connectivity index (χ4v) is 3.69. The fourth-order valence-electron chi connectivity index (χ4n) is 3.69. The molecule has 16 heavy (non-hydrogen) atoms. The Labute approximate surface area is 99.4 Å². The van der Waals surface area contributed by atoms with Crippen LogP contribution in [0.2, 0.25) is 0 Å². The first-order chi connectivity index (χ1) is 7.56. The summed E-state index contributed by atoms with van der Waals surface area (Å²) >= 11 is 0. The summed E-state index contributed by atoms with van der Waals surface area (Å²) in [7, 11) is 0. The Hall–Kier alpha value is -0.530. The van der Waals surface area contributed by atoms with E-state index in [1.54, 1.807) is 0 Å². The molecule has 2 heteroatoms. The lowest BCUT2D eigenvalue weighted by Crippen LogP contribution is -2.41. The zero-order valence-electron chi connectivity index (χ0n) is 11.0. The minimum Gasteiger partial charge on any atom is -0.481 e. The van der Waals surface area contributed by atoms with Gasteiger partial charge in [-0.2, -0.15) is 0 Å². The zero-order chi connectivity index (χ0) is 12.2. The molecule has 94 valence electrons. The van der Waals surface area contributed by atoms with Gasteiger partial charge in [-0.25, -0.2) is 0 Å². The molecule has 0 saturated heterocycles. The van der Waals surface area contributed by atoms with E-state index in [0.717, 1.165) is 19.3 Å². The molecule has 3 unspecified atom stereocenters. The van der Waals surface area contributed by atoms with Crippen molar-refractivity contribution in [2.45, 2.75) is 65.7 Å². The van der Waals surface area contributed by atoms with Crippen molar-refractivity contribution < 1.29 is 9.90 Å². The normalized spacial score (nSPS) is 32.3. The van der Waals surface area contributed by atoms with E-state index in [1.807, 2.05) is 0 Å². The van der Waals surface area contributed by atoms with Crippen molar-refractivity contribution in [3.05, 3.63) is 0 Å². The van der Waals surface area contributed by atoms with Crippen molar-refractivity contribution in [1.29, 1.82) is 0 Å². The number of rotatable bonds is 5. The van der Waals surface area contributed by atoms with Gasteiger partial charge >= 0.3 is 5.97 Å². The quantitative estimate of drug-likeness (QED) is 0.766. The van der Waals surface area contributed by atoms with Crippen LogP contribution < -0.4 is 0 Å². The van der Waals surface area contributed by atoms with E-state index in [1.165, 1.54) is 19.3 Å². The van der Waals surface area contributed by atoms with E-state index in [2.05, 4.69) is 20.8 Å². The Morgan fingerprint density at radius 2 is 2.12 bits per heavy atom. The molecule has 1 aliphatic rings. The van der Waals surface area contributed by atoms with Gasteiger partial charge in [0.15, 0.2) is 0 Å². The van der Waals surface area contributed by atoms with Gasteiger partial charge in [-0.05, 0) is 30.1 Å². The highest BCUT2D eigenvalue weighted by Gasteiger charge is 2.44. The molecule has 0 aromatic rings. The van der Waals surface area contributed by atoms with E-state index >= 15 is 0 Å². The molecule has 1 N–H and O–H groups in total. The highest BCUT2D eigenvalue weighted by Crippen LogP contribution is 2.51. The average Bonchev–Trinajstić information content (AvgIpc) is 2.27. The summed E-state index contributed by atoms with van der Waals surface area (Å²) in [5, 5.41) is 9.19. The molecule has 1 fully saturated rings. The van der Waals surface area contributed by atoms with Crippen LogP contribution in [0.15, 0.2) is 0 Å². The molecule has 0 bridgehead atoms. The van der Waals surface area contributed by atoms with Crippen molar-refractivity contribution in [1.82, 2.24) is 0 Å². The minimum atomic E-state index is -0.611. The SMILES string of the molecule is CCC(C)C1(CC(=O)O)CCCCC1CC. The van der Waals surface area contributed by atoms with Crippen molar-refractivity contribution in [3.63, 3.8) is 0 Å². The Balaban J connectivity index is 2.93. The van der Waals surface area contributed by atoms with Crippen LogP contribution in [0, 0.1) is 17.3 Å². The van der Waals surface area contributed by atoms with E-state index in [-0.39, 0.29) is 5.41 Å². The van der Waals surface area contributed by atoms with E-state index in [4.69, 9.17) is 0 Å². The molecular weight excluding hydrogens is 200 g/mol. The van der Waals surface area contributed by atoms with Gasteiger partial charge in [-0.1, -0.05) is 46.5 Å². The number of carboxylic acids is 1. The van der Waals surface area contributed by atoms with E-state index < -0.39 is 5.97 Å². The van der Waals surface area contributed by atoms with Gasteiger partial charge < -0.3 is 5.11 Å². The maximum Gasteiger partial charge on any atom is 0.303 e. The third-order valence-electron chi connectivity index (χ3n) is 4.82. The molecule has 0 amide bonds. The topological polar surface area (TPSA) is 37.3 Å². The van der Waals surface area contributed by atoms with Gasteiger partial charge in [-0.3, -0.25) is 4.79 Å². The predicted octanol–water partition coefficient (Wildman–Crippen LogP) is 4.09. The average molecular weight is 226 g/mol. The molecule has 1 saturated carbocycles. The summed E-state index contributed by atoms with van der Waals surface area (Å²) in [6, 6.07) is 0. The Kier molecular flexibility index (Phi) is 4.82. The molecule has 0 radical (unpaired) electrons. The number of carbonyl (C=O) groups is 1. The van der Waals surface area contributed by atoms with Crippen LogP contribution in [0.5, 0.6) is 0 Å². The number of hydrogen-bond acceptors (Lipinski definition) is 1. The molecule has 1 aliphatic carbocycles. The Bertz CT molecular complexity index is 237. The van der Waals surface area contributed by atoms with Crippen molar-refractivity contribution >= 4 is 5.97 Å². The van der Waals surface area contributed by atoms with Crippen LogP contribution in [-0.2, 0) is 4.79 Å². The first kappa shape index (κ1) is 13.5. The summed E-state index contributed by atoms with van der Waals surface area (Å²) in [6.45, 7) is 6.65. The van der Waals surface area contributed by atoms with Crippen LogP contribution in [0.4, 0.5) is 0 Å². The smallest absolute Gasteiger partial charge is 0.303 e. The minimum absolute atomic E-state index is 0.0770. The van der Waals surface area contributed by atoms with Crippen molar-refractivity contribution in [3.8, 4) is 0 Å². The molecule has 0 aliphatic heterocycles. The first-order valence-corrected chi connectivity index (χ1v) is 6.78. The lowest BCUT2D eigenvalue weighted by atomic mass is 9.57. The van der Waals surface area contributed by atoms with Gasteiger partial charge in [0.2, 0.25) is 0 Å². The predicted molar refractivity (Wildman–Crippen MR) is 66.4 cm³/mol. The third kappa shape index (κ3) is 2.58. The zero-order valence-corrected chi connectivity index (χ0v) is 11.0. The largest absolute Gasteiger partial charge is 0.481 e. The maximum absolute atomic E-state index is 11.2. The molecule has 0 aromatic heterocycles. The lowest BCUT2D eigenvalue weighted by Gasteiger charge is -2.47. The second-order valence-electron chi connectivity index (χ2n) is 5.46.